The molecule has 15 heteroatoms. The molecule has 0 atom stereocenters. The second-order valence-electron chi connectivity index (χ2n) is 6.37. The van der Waals surface area contributed by atoms with Crippen LogP contribution in [-0.4, -0.2) is 68.5 Å². The van der Waals surface area contributed by atoms with Crippen LogP contribution in [0, 0.1) is 10.1 Å². The third-order valence-electron chi connectivity index (χ3n) is 4.39. The smallest absolute Gasteiger partial charge is 0.435 e. The summed E-state index contributed by atoms with van der Waals surface area (Å²) in [6.07, 6.45) is -4.18. The Bertz CT molecular complexity index is 973. The van der Waals surface area contributed by atoms with Gasteiger partial charge in [-0.25, -0.2) is 14.5 Å². The zero-order valence-electron chi connectivity index (χ0n) is 16.5. The van der Waals surface area contributed by atoms with Crippen molar-refractivity contribution in [3.63, 3.8) is 0 Å². The van der Waals surface area contributed by atoms with E-state index in [0.717, 1.165) is 11.0 Å². The highest BCUT2D eigenvalue weighted by Gasteiger charge is 2.36. The molecule has 2 aromatic rings. The summed E-state index contributed by atoms with van der Waals surface area (Å²) in [5, 5.41) is 15.0. The Balaban J connectivity index is 1.85. The molecule has 0 aliphatic carbocycles. The topological polar surface area (TPSA) is 129 Å². The molecule has 1 amide bonds. The largest absolute Gasteiger partial charge is 0.450 e. The molecule has 3 rings (SSSR count). The molecular weight excluding hydrogens is 427 g/mol. The number of carbonyl (C=O) groups is 1. The number of amides is 1. The molecule has 0 bridgehead atoms. The van der Waals surface area contributed by atoms with Gasteiger partial charge in [0.15, 0.2) is 5.69 Å². The molecule has 1 aliphatic heterocycles. The Labute approximate surface area is 173 Å². The van der Waals surface area contributed by atoms with Crippen molar-refractivity contribution in [3.8, 4) is 11.8 Å². The van der Waals surface area contributed by atoms with Crippen molar-refractivity contribution in [1.82, 2.24) is 24.6 Å². The highest BCUT2D eigenvalue weighted by Crippen LogP contribution is 2.38. The Morgan fingerprint density at radius 3 is 2.48 bits per heavy atom. The van der Waals surface area contributed by atoms with Gasteiger partial charge in [0.1, 0.15) is 6.33 Å². The van der Waals surface area contributed by atoms with Gasteiger partial charge in [0.25, 0.3) is 0 Å². The number of alkyl halides is 3. The average molecular weight is 445 g/mol. The highest BCUT2D eigenvalue weighted by atomic mass is 19.4. The number of hydrogen-bond acceptors (Lipinski definition) is 9. The Kier molecular flexibility index (Phi) is 6.12. The third-order valence-corrected chi connectivity index (χ3v) is 4.39. The lowest BCUT2D eigenvalue weighted by Crippen LogP contribution is -2.49. The average Bonchev–Trinajstić information content (AvgIpc) is 3.09. The van der Waals surface area contributed by atoms with Crippen molar-refractivity contribution in [2.75, 3.05) is 37.7 Å². The van der Waals surface area contributed by atoms with E-state index in [2.05, 4.69) is 15.1 Å². The summed E-state index contributed by atoms with van der Waals surface area (Å²) < 4.78 is 49.6. The molecule has 1 fully saturated rings. The van der Waals surface area contributed by atoms with Gasteiger partial charge in [-0.05, 0) is 6.92 Å². The fourth-order valence-electron chi connectivity index (χ4n) is 2.92. The number of halogens is 3. The fourth-order valence-corrected chi connectivity index (χ4v) is 2.92. The molecule has 1 aliphatic rings. The number of anilines is 1. The Morgan fingerprint density at radius 2 is 1.94 bits per heavy atom. The van der Waals surface area contributed by atoms with Gasteiger partial charge in [-0.3, -0.25) is 10.1 Å². The van der Waals surface area contributed by atoms with Crippen molar-refractivity contribution >= 4 is 17.6 Å². The molecule has 0 spiro atoms. The van der Waals surface area contributed by atoms with Gasteiger partial charge in [0.2, 0.25) is 11.7 Å². The maximum atomic E-state index is 12.9. The first kappa shape index (κ1) is 22.0. The van der Waals surface area contributed by atoms with Gasteiger partial charge in [-0.1, -0.05) is 0 Å². The van der Waals surface area contributed by atoms with Crippen LogP contribution in [0.4, 0.5) is 29.5 Å². The van der Waals surface area contributed by atoms with Gasteiger partial charge in [-0.2, -0.15) is 23.3 Å². The first-order chi connectivity index (χ1) is 14.6. The summed E-state index contributed by atoms with van der Waals surface area (Å²) in [5.41, 5.74) is -1.82. The molecule has 2 aromatic heterocycles. The lowest BCUT2D eigenvalue weighted by Gasteiger charge is -2.34. The summed E-state index contributed by atoms with van der Waals surface area (Å²) in [6, 6.07) is 0.615. The molecule has 168 valence electrons. The van der Waals surface area contributed by atoms with Crippen LogP contribution in [0.2, 0.25) is 0 Å². The van der Waals surface area contributed by atoms with Crippen molar-refractivity contribution < 1.29 is 32.4 Å². The lowest BCUT2D eigenvalue weighted by molar-refractivity contribution is -0.385. The quantitative estimate of drug-likeness (QED) is 0.502. The number of hydrogen-bond donors (Lipinski definition) is 0. The predicted molar refractivity (Wildman–Crippen MR) is 97.8 cm³/mol. The van der Waals surface area contributed by atoms with Crippen LogP contribution in [0.3, 0.4) is 0 Å². The molecule has 31 heavy (non-hydrogen) atoms. The molecular formula is C16H18F3N7O5. The SMILES string of the molecule is CCOC(=O)N1CCN(c2ncnc(Oc3cc(C(F)(F)F)nn3C)c2[N+](=O)[O-])CC1. The van der Waals surface area contributed by atoms with Crippen LogP contribution in [0.15, 0.2) is 12.4 Å². The minimum Gasteiger partial charge on any atom is -0.450 e. The molecule has 0 unspecified atom stereocenters. The Morgan fingerprint density at radius 1 is 1.26 bits per heavy atom. The van der Waals surface area contributed by atoms with Gasteiger partial charge in [-0.15, -0.1) is 0 Å². The summed E-state index contributed by atoms with van der Waals surface area (Å²) >= 11 is 0. The van der Waals surface area contributed by atoms with Gasteiger partial charge < -0.3 is 19.3 Å². The minimum absolute atomic E-state index is 0.0725. The van der Waals surface area contributed by atoms with E-state index in [9.17, 15) is 28.1 Å². The fraction of sp³-hybridized carbons (Fsp3) is 0.500. The summed E-state index contributed by atoms with van der Waals surface area (Å²) in [4.78, 5) is 33.5. The van der Waals surface area contributed by atoms with E-state index in [1.165, 1.54) is 11.9 Å². The van der Waals surface area contributed by atoms with Crippen LogP contribution in [0.5, 0.6) is 11.8 Å². The first-order valence-electron chi connectivity index (χ1n) is 9.07. The standard InChI is InChI=1S/C16H18F3N7O5/c1-3-30-15(27)25-6-4-24(5-7-25)13-12(26(28)29)14(21-9-20-13)31-11-8-10(16(17,18)19)22-23(11)2/h8-9H,3-7H2,1-2H3. The number of ether oxygens (including phenoxy) is 2. The van der Waals surface area contributed by atoms with E-state index >= 15 is 0 Å². The molecule has 0 N–H and O–H groups in total. The second kappa shape index (κ2) is 8.61. The van der Waals surface area contributed by atoms with E-state index in [0.29, 0.717) is 6.07 Å². The molecule has 0 saturated carbocycles. The van der Waals surface area contributed by atoms with Gasteiger partial charge in [0.05, 0.1) is 11.5 Å². The Hall–Kier alpha value is -3.65. The van der Waals surface area contributed by atoms with Crippen LogP contribution in [-0.2, 0) is 18.0 Å². The van der Waals surface area contributed by atoms with Crippen LogP contribution < -0.4 is 9.64 Å². The zero-order chi connectivity index (χ0) is 22.8. The number of nitro groups is 1. The van der Waals surface area contributed by atoms with Crippen molar-refractivity contribution in [3.05, 3.63) is 28.2 Å². The molecule has 1 saturated heterocycles. The molecule has 3 heterocycles. The number of piperazine rings is 1. The van der Waals surface area contributed by atoms with Crippen molar-refractivity contribution in [2.24, 2.45) is 7.05 Å². The van der Waals surface area contributed by atoms with Crippen LogP contribution in [0.25, 0.3) is 0 Å². The lowest BCUT2D eigenvalue weighted by atomic mass is 10.3. The molecule has 0 aromatic carbocycles. The summed E-state index contributed by atoms with van der Waals surface area (Å²) in [6.45, 7) is 2.83. The van der Waals surface area contributed by atoms with E-state index in [1.54, 1.807) is 11.8 Å². The number of rotatable bonds is 5. The van der Waals surface area contributed by atoms with E-state index in [4.69, 9.17) is 9.47 Å². The summed E-state index contributed by atoms with van der Waals surface area (Å²) in [7, 11) is 1.20. The van der Waals surface area contributed by atoms with E-state index < -0.39 is 34.5 Å². The second-order valence-corrected chi connectivity index (χ2v) is 6.37. The number of carbonyl (C=O) groups excluding carboxylic acids is 1. The molecule has 0 radical (unpaired) electrons. The highest BCUT2D eigenvalue weighted by molar-refractivity contribution is 5.69. The minimum atomic E-state index is -4.71. The number of aromatic nitrogens is 4. The zero-order valence-corrected chi connectivity index (χ0v) is 16.5. The number of nitrogens with zero attached hydrogens (tertiary/aromatic N) is 7. The maximum Gasteiger partial charge on any atom is 0.435 e. The normalized spacial score (nSPS) is 14.5. The van der Waals surface area contributed by atoms with Crippen LogP contribution in [0.1, 0.15) is 12.6 Å². The predicted octanol–water partition coefficient (Wildman–Crippen LogP) is 2.21. The first-order valence-corrected chi connectivity index (χ1v) is 9.07. The van der Waals surface area contributed by atoms with Crippen LogP contribution >= 0.6 is 0 Å². The van der Waals surface area contributed by atoms with E-state index in [1.807, 2.05) is 0 Å². The van der Waals surface area contributed by atoms with Gasteiger partial charge >= 0.3 is 23.8 Å². The summed E-state index contributed by atoms with van der Waals surface area (Å²) in [5.74, 6) is -0.983. The van der Waals surface area contributed by atoms with Gasteiger partial charge in [0, 0.05) is 39.3 Å². The molecule has 12 nitrogen and oxygen atoms in total. The maximum absolute atomic E-state index is 12.9. The van der Waals surface area contributed by atoms with E-state index in [-0.39, 0.29) is 44.5 Å². The third kappa shape index (κ3) is 4.75. The monoisotopic (exact) mass is 445 g/mol. The van der Waals surface area contributed by atoms with Crippen molar-refractivity contribution in [1.29, 1.82) is 0 Å². The van der Waals surface area contributed by atoms with Crippen molar-refractivity contribution in [2.45, 2.75) is 13.1 Å². The number of aryl methyl sites for hydroxylation is 1.